The molecule has 25 heavy (non-hydrogen) atoms. The summed E-state index contributed by atoms with van der Waals surface area (Å²) in [5.74, 6) is -0.446. The van der Waals surface area contributed by atoms with Gasteiger partial charge in [-0.05, 0) is 49.2 Å². The number of hydrogen-bond acceptors (Lipinski definition) is 2. The van der Waals surface area contributed by atoms with Crippen LogP contribution >= 0.6 is 0 Å². The third-order valence-electron chi connectivity index (χ3n) is 4.83. The normalized spacial score (nSPS) is 15.6. The van der Waals surface area contributed by atoms with E-state index in [0.29, 0.717) is 31.5 Å². The SMILES string of the molecule is O=C(c1ccc(F)cc1)N1CCC(n2c(=O)[nH]c3ccccc32)CC1. The number of carbonyl (C=O) groups is 1. The molecule has 5 nitrogen and oxygen atoms in total. The molecule has 0 bridgehead atoms. The van der Waals surface area contributed by atoms with E-state index in [9.17, 15) is 14.0 Å². The van der Waals surface area contributed by atoms with Gasteiger partial charge in [-0.3, -0.25) is 9.36 Å². The van der Waals surface area contributed by atoms with Crippen LogP contribution in [-0.4, -0.2) is 33.4 Å². The Kier molecular flexibility index (Phi) is 3.87. The molecule has 0 atom stereocenters. The Morgan fingerprint density at radius 1 is 1.04 bits per heavy atom. The maximum atomic E-state index is 13.0. The molecule has 1 fully saturated rings. The number of nitrogens with zero attached hydrogens (tertiary/aromatic N) is 2. The first-order valence-corrected chi connectivity index (χ1v) is 8.37. The summed E-state index contributed by atoms with van der Waals surface area (Å²) in [7, 11) is 0. The highest BCUT2D eigenvalue weighted by atomic mass is 19.1. The van der Waals surface area contributed by atoms with Crippen molar-refractivity contribution >= 4 is 16.9 Å². The van der Waals surface area contributed by atoms with Crippen molar-refractivity contribution in [2.24, 2.45) is 0 Å². The first kappa shape index (κ1) is 15.6. The van der Waals surface area contributed by atoms with Gasteiger partial charge in [-0.15, -0.1) is 0 Å². The van der Waals surface area contributed by atoms with Crippen molar-refractivity contribution in [2.75, 3.05) is 13.1 Å². The number of aromatic nitrogens is 2. The highest BCUT2D eigenvalue weighted by Crippen LogP contribution is 2.25. The van der Waals surface area contributed by atoms with Crippen LogP contribution in [0.3, 0.4) is 0 Å². The molecule has 128 valence electrons. The van der Waals surface area contributed by atoms with Gasteiger partial charge in [-0.2, -0.15) is 0 Å². The number of likely N-dealkylation sites (tertiary alicyclic amines) is 1. The van der Waals surface area contributed by atoms with Gasteiger partial charge in [0, 0.05) is 24.7 Å². The molecule has 1 N–H and O–H groups in total. The number of benzene rings is 2. The highest BCUT2D eigenvalue weighted by Gasteiger charge is 2.26. The van der Waals surface area contributed by atoms with Crippen molar-refractivity contribution in [2.45, 2.75) is 18.9 Å². The van der Waals surface area contributed by atoms with E-state index in [0.717, 1.165) is 11.0 Å². The van der Waals surface area contributed by atoms with Crippen LogP contribution in [0.25, 0.3) is 11.0 Å². The van der Waals surface area contributed by atoms with E-state index in [2.05, 4.69) is 4.98 Å². The number of aromatic amines is 1. The van der Waals surface area contributed by atoms with E-state index < -0.39 is 0 Å². The van der Waals surface area contributed by atoms with Crippen molar-refractivity contribution in [3.63, 3.8) is 0 Å². The number of para-hydroxylation sites is 2. The summed E-state index contributed by atoms with van der Waals surface area (Å²) < 4.78 is 14.8. The number of halogens is 1. The van der Waals surface area contributed by atoms with Crippen molar-refractivity contribution in [1.82, 2.24) is 14.5 Å². The van der Waals surface area contributed by atoms with Crippen molar-refractivity contribution < 1.29 is 9.18 Å². The zero-order chi connectivity index (χ0) is 17.4. The minimum atomic E-state index is -0.353. The lowest BCUT2D eigenvalue weighted by Crippen LogP contribution is -2.40. The minimum absolute atomic E-state index is 0.0703. The zero-order valence-corrected chi connectivity index (χ0v) is 13.6. The number of rotatable bonds is 2. The Hall–Kier alpha value is -2.89. The number of H-pyrrole nitrogens is 1. The third kappa shape index (κ3) is 2.84. The molecule has 1 aliphatic heterocycles. The van der Waals surface area contributed by atoms with Gasteiger partial charge in [-0.25, -0.2) is 9.18 Å². The molecule has 2 aromatic carbocycles. The maximum absolute atomic E-state index is 13.0. The topological polar surface area (TPSA) is 58.1 Å². The molecule has 0 aliphatic carbocycles. The smallest absolute Gasteiger partial charge is 0.326 e. The van der Waals surface area contributed by atoms with Gasteiger partial charge in [-0.1, -0.05) is 12.1 Å². The fourth-order valence-corrected chi connectivity index (χ4v) is 3.54. The van der Waals surface area contributed by atoms with Gasteiger partial charge >= 0.3 is 5.69 Å². The summed E-state index contributed by atoms with van der Waals surface area (Å²) >= 11 is 0. The lowest BCUT2D eigenvalue weighted by atomic mass is 10.0. The van der Waals surface area contributed by atoms with Crippen LogP contribution in [0.4, 0.5) is 4.39 Å². The number of carbonyl (C=O) groups excluding carboxylic acids is 1. The van der Waals surface area contributed by atoms with Crippen LogP contribution in [-0.2, 0) is 0 Å². The van der Waals surface area contributed by atoms with Crippen LogP contribution < -0.4 is 5.69 Å². The van der Waals surface area contributed by atoms with E-state index >= 15 is 0 Å². The average Bonchev–Trinajstić information content (AvgIpc) is 2.97. The highest BCUT2D eigenvalue weighted by molar-refractivity contribution is 5.94. The Bertz CT molecular complexity index is 966. The fraction of sp³-hybridized carbons (Fsp3) is 0.263. The summed E-state index contributed by atoms with van der Waals surface area (Å²) in [5.41, 5.74) is 2.11. The van der Waals surface area contributed by atoms with Crippen molar-refractivity contribution in [1.29, 1.82) is 0 Å². The molecule has 3 aromatic rings. The van der Waals surface area contributed by atoms with E-state index in [4.69, 9.17) is 0 Å². The van der Waals surface area contributed by atoms with Crippen LogP contribution in [0.2, 0.25) is 0 Å². The first-order chi connectivity index (χ1) is 12.1. The Balaban J connectivity index is 1.51. The largest absolute Gasteiger partial charge is 0.338 e. The molecule has 4 rings (SSSR count). The monoisotopic (exact) mass is 339 g/mol. The van der Waals surface area contributed by atoms with Gasteiger partial charge in [0.2, 0.25) is 0 Å². The molecule has 6 heteroatoms. The van der Waals surface area contributed by atoms with E-state index in [1.165, 1.54) is 24.3 Å². The second-order valence-electron chi connectivity index (χ2n) is 6.35. The van der Waals surface area contributed by atoms with Crippen LogP contribution in [0.15, 0.2) is 53.3 Å². The zero-order valence-electron chi connectivity index (χ0n) is 13.6. The standard InChI is InChI=1S/C19H18FN3O2/c20-14-7-5-13(6-8-14)18(24)22-11-9-15(10-12-22)23-17-4-2-1-3-16(17)21-19(23)25/h1-8,15H,9-12H2,(H,21,25). The number of imidazole rings is 1. The summed E-state index contributed by atoms with van der Waals surface area (Å²) in [4.78, 5) is 29.5. The van der Waals surface area contributed by atoms with E-state index in [-0.39, 0.29) is 23.5 Å². The summed E-state index contributed by atoms with van der Waals surface area (Å²) in [6.07, 6.45) is 1.43. The summed E-state index contributed by atoms with van der Waals surface area (Å²) in [6, 6.07) is 13.3. The van der Waals surface area contributed by atoms with Crippen LogP contribution in [0.5, 0.6) is 0 Å². The van der Waals surface area contributed by atoms with Gasteiger partial charge in [0.1, 0.15) is 5.82 Å². The third-order valence-corrected chi connectivity index (χ3v) is 4.83. The number of nitrogens with one attached hydrogen (secondary N) is 1. The van der Waals surface area contributed by atoms with Gasteiger partial charge in [0.15, 0.2) is 0 Å². The number of hydrogen-bond donors (Lipinski definition) is 1. The second-order valence-corrected chi connectivity index (χ2v) is 6.35. The van der Waals surface area contributed by atoms with Gasteiger partial charge < -0.3 is 9.88 Å². The lowest BCUT2D eigenvalue weighted by molar-refractivity contribution is 0.0695. The molecule has 0 unspecified atom stereocenters. The van der Waals surface area contributed by atoms with Crippen LogP contribution in [0.1, 0.15) is 29.2 Å². The quantitative estimate of drug-likeness (QED) is 0.780. The lowest BCUT2D eigenvalue weighted by Gasteiger charge is -2.32. The number of piperidine rings is 1. The maximum Gasteiger partial charge on any atom is 0.326 e. The minimum Gasteiger partial charge on any atom is -0.338 e. The molecule has 2 heterocycles. The molecular formula is C19H18FN3O2. The molecule has 1 saturated heterocycles. The predicted octanol–water partition coefficient (Wildman–Crippen LogP) is 2.95. The molecule has 0 spiro atoms. The molecule has 1 aromatic heterocycles. The van der Waals surface area contributed by atoms with Crippen LogP contribution in [0, 0.1) is 5.82 Å². The molecule has 0 saturated carbocycles. The average molecular weight is 339 g/mol. The van der Waals surface area contributed by atoms with E-state index in [1.807, 2.05) is 24.3 Å². The molecular weight excluding hydrogens is 321 g/mol. The van der Waals surface area contributed by atoms with Gasteiger partial charge in [0.05, 0.1) is 11.0 Å². The van der Waals surface area contributed by atoms with Crippen molar-refractivity contribution in [3.05, 3.63) is 70.4 Å². The second kappa shape index (κ2) is 6.20. The molecule has 0 radical (unpaired) electrons. The molecule has 1 amide bonds. The van der Waals surface area contributed by atoms with Crippen molar-refractivity contribution in [3.8, 4) is 0 Å². The molecule has 1 aliphatic rings. The number of fused-ring (bicyclic) bond motifs is 1. The predicted molar refractivity (Wildman–Crippen MR) is 93.1 cm³/mol. The van der Waals surface area contributed by atoms with E-state index in [1.54, 1.807) is 9.47 Å². The fourth-order valence-electron chi connectivity index (χ4n) is 3.54. The number of amides is 1. The Labute approximate surface area is 143 Å². The Morgan fingerprint density at radius 2 is 1.72 bits per heavy atom. The van der Waals surface area contributed by atoms with Gasteiger partial charge in [0.25, 0.3) is 5.91 Å². The first-order valence-electron chi connectivity index (χ1n) is 8.37. The summed E-state index contributed by atoms with van der Waals surface area (Å²) in [6.45, 7) is 1.15. The Morgan fingerprint density at radius 3 is 2.44 bits per heavy atom. The summed E-state index contributed by atoms with van der Waals surface area (Å²) in [5, 5.41) is 0.